The second-order valence-corrected chi connectivity index (χ2v) is 4.76. The lowest BCUT2D eigenvalue weighted by Crippen LogP contribution is -2.25. The van der Waals surface area contributed by atoms with E-state index < -0.39 is 0 Å². The van der Waals surface area contributed by atoms with E-state index >= 15 is 0 Å². The topological polar surface area (TPSA) is 26.3 Å². The highest BCUT2D eigenvalue weighted by Crippen LogP contribution is 2.25. The molecule has 0 amide bonds. The standard InChI is InChI=1S/C9H13BrO2/c1-9(2,3)12-6-4-7(10)8(11)5-6/h4,6H,5H2,1-3H3. The second-order valence-electron chi connectivity index (χ2n) is 3.91. The molecule has 0 aromatic heterocycles. The van der Waals surface area contributed by atoms with Gasteiger partial charge in [0.05, 0.1) is 16.2 Å². The van der Waals surface area contributed by atoms with Gasteiger partial charge in [-0.1, -0.05) is 0 Å². The van der Waals surface area contributed by atoms with Gasteiger partial charge >= 0.3 is 0 Å². The molecule has 0 fully saturated rings. The van der Waals surface area contributed by atoms with Crippen molar-refractivity contribution in [1.29, 1.82) is 0 Å². The minimum absolute atomic E-state index is 0.0492. The number of halogens is 1. The minimum Gasteiger partial charge on any atom is -0.368 e. The average Bonchev–Trinajstić information content (AvgIpc) is 2.07. The lowest BCUT2D eigenvalue weighted by Gasteiger charge is -2.23. The number of carbonyl (C=O) groups excluding carboxylic acids is 1. The summed E-state index contributed by atoms with van der Waals surface area (Å²) < 4.78 is 6.26. The molecule has 3 heteroatoms. The molecule has 0 aromatic rings. The molecule has 0 saturated carbocycles. The SMILES string of the molecule is CC(C)(C)OC1C=C(Br)C(=O)C1. The van der Waals surface area contributed by atoms with Crippen molar-refractivity contribution in [2.24, 2.45) is 0 Å². The van der Waals surface area contributed by atoms with Gasteiger partial charge in [0.1, 0.15) is 0 Å². The third kappa shape index (κ3) is 2.72. The van der Waals surface area contributed by atoms with E-state index in [0.29, 0.717) is 10.9 Å². The van der Waals surface area contributed by atoms with Crippen LogP contribution in [0.15, 0.2) is 10.6 Å². The Morgan fingerprint density at radius 3 is 2.50 bits per heavy atom. The highest BCUT2D eigenvalue weighted by molar-refractivity contribution is 9.12. The monoisotopic (exact) mass is 232 g/mol. The fraction of sp³-hybridized carbons (Fsp3) is 0.667. The van der Waals surface area contributed by atoms with E-state index in [9.17, 15) is 4.79 Å². The van der Waals surface area contributed by atoms with Gasteiger partial charge in [0.2, 0.25) is 0 Å². The van der Waals surface area contributed by atoms with Crippen molar-refractivity contribution in [3.05, 3.63) is 10.6 Å². The van der Waals surface area contributed by atoms with E-state index in [1.54, 1.807) is 0 Å². The van der Waals surface area contributed by atoms with E-state index in [1.807, 2.05) is 26.8 Å². The predicted molar refractivity (Wildman–Crippen MR) is 51.3 cm³/mol. The molecule has 1 atom stereocenters. The van der Waals surface area contributed by atoms with Crippen LogP contribution >= 0.6 is 15.9 Å². The fourth-order valence-corrected chi connectivity index (χ4v) is 1.58. The number of allylic oxidation sites excluding steroid dienone is 1. The Morgan fingerprint density at radius 2 is 2.17 bits per heavy atom. The molecule has 0 aromatic carbocycles. The first-order chi connectivity index (χ1) is 5.38. The number of ether oxygens (including phenoxy) is 1. The molecule has 0 aliphatic heterocycles. The first-order valence-corrected chi connectivity index (χ1v) is 4.76. The number of hydrogen-bond donors (Lipinski definition) is 0. The zero-order chi connectivity index (χ0) is 9.35. The Morgan fingerprint density at radius 1 is 1.58 bits per heavy atom. The normalized spacial score (nSPS) is 24.5. The van der Waals surface area contributed by atoms with Gasteiger partial charge in [-0.05, 0) is 42.8 Å². The van der Waals surface area contributed by atoms with Gasteiger partial charge in [0, 0.05) is 6.42 Å². The second kappa shape index (κ2) is 3.30. The zero-order valence-electron chi connectivity index (χ0n) is 7.56. The van der Waals surface area contributed by atoms with Crippen LogP contribution in [0.2, 0.25) is 0 Å². The van der Waals surface area contributed by atoms with Gasteiger partial charge in [-0.2, -0.15) is 0 Å². The van der Waals surface area contributed by atoms with Crippen LogP contribution in [0, 0.1) is 0 Å². The summed E-state index contributed by atoms with van der Waals surface area (Å²) in [5.74, 6) is 0.129. The lowest BCUT2D eigenvalue weighted by atomic mass is 10.2. The number of rotatable bonds is 1. The first kappa shape index (κ1) is 9.93. The van der Waals surface area contributed by atoms with Crippen LogP contribution in [-0.2, 0) is 9.53 Å². The van der Waals surface area contributed by atoms with Crippen LogP contribution in [-0.4, -0.2) is 17.5 Å². The molecule has 1 aliphatic carbocycles. The van der Waals surface area contributed by atoms with Crippen LogP contribution < -0.4 is 0 Å². The summed E-state index contributed by atoms with van der Waals surface area (Å²) in [6.45, 7) is 5.95. The third-order valence-electron chi connectivity index (χ3n) is 1.49. The van der Waals surface area contributed by atoms with Crippen molar-refractivity contribution in [1.82, 2.24) is 0 Å². The van der Waals surface area contributed by atoms with Crippen LogP contribution in [0.5, 0.6) is 0 Å². The molecule has 1 rings (SSSR count). The molecule has 0 bridgehead atoms. The van der Waals surface area contributed by atoms with Crippen LogP contribution in [0.4, 0.5) is 0 Å². The Kier molecular flexibility index (Phi) is 2.74. The summed E-state index contributed by atoms with van der Waals surface area (Å²) in [4.78, 5) is 11.1. The summed E-state index contributed by atoms with van der Waals surface area (Å²) in [5, 5.41) is 0. The number of ketones is 1. The van der Waals surface area contributed by atoms with E-state index in [4.69, 9.17) is 4.74 Å². The van der Waals surface area contributed by atoms with Crippen molar-refractivity contribution in [3.63, 3.8) is 0 Å². The van der Waals surface area contributed by atoms with E-state index in [2.05, 4.69) is 15.9 Å². The molecular formula is C9H13BrO2. The molecule has 12 heavy (non-hydrogen) atoms. The summed E-state index contributed by atoms with van der Waals surface area (Å²) >= 11 is 3.18. The van der Waals surface area contributed by atoms with Crippen molar-refractivity contribution >= 4 is 21.7 Å². The molecule has 0 radical (unpaired) electrons. The molecule has 1 unspecified atom stereocenters. The van der Waals surface area contributed by atoms with Crippen molar-refractivity contribution in [2.45, 2.75) is 38.9 Å². The molecule has 0 N–H and O–H groups in total. The van der Waals surface area contributed by atoms with Gasteiger partial charge < -0.3 is 4.74 Å². The van der Waals surface area contributed by atoms with Crippen molar-refractivity contribution < 1.29 is 9.53 Å². The predicted octanol–water partition coefficient (Wildman–Crippen LogP) is 2.42. The molecule has 1 aliphatic rings. The molecule has 68 valence electrons. The van der Waals surface area contributed by atoms with Crippen molar-refractivity contribution in [2.75, 3.05) is 0 Å². The van der Waals surface area contributed by atoms with Gasteiger partial charge in [-0.25, -0.2) is 0 Å². The minimum atomic E-state index is -0.181. The fourth-order valence-electron chi connectivity index (χ4n) is 1.13. The Bertz CT molecular complexity index is 225. The maximum Gasteiger partial charge on any atom is 0.172 e. The summed E-state index contributed by atoms with van der Waals surface area (Å²) in [5.41, 5.74) is -0.181. The van der Waals surface area contributed by atoms with E-state index in [-0.39, 0.29) is 17.5 Å². The van der Waals surface area contributed by atoms with Gasteiger partial charge in [-0.3, -0.25) is 4.79 Å². The highest BCUT2D eigenvalue weighted by atomic mass is 79.9. The van der Waals surface area contributed by atoms with Gasteiger partial charge in [0.15, 0.2) is 5.78 Å². The Balaban J connectivity index is 2.54. The largest absolute Gasteiger partial charge is 0.368 e. The highest BCUT2D eigenvalue weighted by Gasteiger charge is 2.26. The summed E-state index contributed by atoms with van der Waals surface area (Å²) in [7, 11) is 0. The van der Waals surface area contributed by atoms with Gasteiger partial charge in [-0.15, -0.1) is 0 Å². The number of hydrogen-bond acceptors (Lipinski definition) is 2. The zero-order valence-corrected chi connectivity index (χ0v) is 9.14. The van der Waals surface area contributed by atoms with Crippen molar-refractivity contribution in [3.8, 4) is 0 Å². The number of Topliss-reactive ketones (excluding diaryl/α,β-unsaturated/α-hetero) is 1. The Labute approximate surface area is 81.1 Å². The quantitative estimate of drug-likeness (QED) is 0.695. The molecule has 0 spiro atoms. The molecule has 0 saturated heterocycles. The summed E-state index contributed by atoms with van der Waals surface area (Å²) in [6.07, 6.45) is 2.25. The van der Waals surface area contributed by atoms with E-state index in [0.717, 1.165) is 0 Å². The summed E-state index contributed by atoms with van der Waals surface area (Å²) in [6, 6.07) is 0. The lowest BCUT2D eigenvalue weighted by molar-refractivity contribution is -0.117. The smallest absolute Gasteiger partial charge is 0.172 e. The van der Waals surface area contributed by atoms with Crippen LogP contribution in [0.3, 0.4) is 0 Å². The number of carbonyl (C=O) groups is 1. The third-order valence-corrected chi connectivity index (χ3v) is 2.20. The molecule has 2 nitrogen and oxygen atoms in total. The Hall–Kier alpha value is -0.150. The molecule has 0 heterocycles. The van der Waals surface area contributed by atoms with Crippen LogP contribution in [0.25, 0.3) is 0 Å². The van der Waals surface area contributed by atoms with Crippen LogP contribution in [0.1, 0.15) is 27.2 Å². The van der Waals surface area contributed by atoms with Gasteiger partial charge in [0.25, 0.3) is 0 Å². The average molecular weight is 233 g/mol. The van der Waals surface area contributed by atoms with E-state index in [1.165, 1.54) is 0 Å². The first-order valence-electron chi connectivity index (χ1n) is 3.97. The molecular weight excluding hydrogens is 220 g/mol. The maximum atomic E-state index is 11.1. The maximum absolute atomic E-state index is 11.1.